The Labute approximate surface area is 91.1 Å². The molecule has 0 atom stereocenters. The topological polar surface area (TPSA) is 57.7 Å². The predicted molar refractivity (Wildman–Crippen MR) is 57.9 cm³/mol. The van der Waals surface area contributed by atoms with Gasteiger partial charge >= 0.3 is 0 Å². The highest BCUT2D eigenvalue weighted by molar-refractivity contribution is 7.89. The maximum absolute atomic E-state index is 11.8. The van der Waals surface area contributed by atoms with Gasteiger partial charge in [0.05, 0.1) is 0 Å². The minimum atomic E-state index is -3.39. The van der Waals surface area contributed by atoms with Crippen molar-refractivity contribution in [2.75, 3.05) is 32.9 Å². The fraction of sp³-hybridized carbons (Fsp3) is 0.889. The second-order valence-corrected chi connectivity index (χ2v) is 5.97. The third-order valence-corrected chi connectivity index (χ3v) is 4.28. The fourth-order valence-corrected chi connectivity index (χ4v) is 3.09. The standard InChI is InChI=1S/C9H18N2O3S/c1-10(2)9(12)8-15(13,14)11-6-4-3-5-7-11/h3-8H2,1-2H3. The number of carbonyl (C=O) groups is 1. The van der Waals surface area contributed by atoms with Crippen LogP contribution in [0.5, 0.6) is 0 Å². The summed E-state index contributed by atoms with van der Waals surface area (Å²) in [6, 6.07) is 0. The Bertz CT molecular complexity index is 318. The molecule has 0 aromatic carbocycles. The average molecular weight is 234 g/mol. The van der Waals surface area contributed by atoms with E-state index in [2.05, 4.69) is 0 Å². The van der Waals surface area contributed by atoms with Crippen LogP contribution < -0.4 is 0 Å². The van der Waals surface area contributed by atoms with Gasteiger partial charge in [0.1, 0.15) is 5.75 Å². The first-order chi connectivity index (χ1) is 6.93. The lowest BCUT2D eigenvalue weighted by Gasteiger charge is -2.26. The van der Waals surface area contributed by atoms with E-state index >= 15 is 0 Å². The number of piperidine rings is 1. The van der Waals surface area contributed by atoms with Crippen molar-refractivity contribution in [3.63, 3.8) is 0 Å². The van der Waals surface area contributed by atoms with Crippen molar-refractivity contribution in [2.24, 2.45) is 0 Å². The third kappa shape index (κ3) is 3.46. The first-order valence-corrected chi connectivity index (χ1v) is 6.72. The highest BCUT2D eigenvalue weighted by Crippen LogP contribution is 2.13. The lowest BCUT2D eigenvalue weighted by atomic mass is 10.2. The molecule has 1 aliphatic rings. The fourth-order valence-electron chi connectivity index (χ4n) is 1.52. The normalized spacial score (nSPS) is 18.8. The van der Waals surface area contributed by atoms with Gasteiger partial charge in [-0.2, -0.15) is 0 Å². The van der Waals surface area contributed by atoms with E-state index in [4.69, 9.17) is 0 Å². The van der Waals surface area contributed by atoms with Gasteiger partial charge in [-0.1, -0.05) is 6.42 Å². The number of carbonyl (C=O) groups excluding carboxylic acids is 1. The lowest BCUT2D eigenvalue weighted by molar-refractivity contribution is -0.126. The Balaban J connectivity index is 2.61. The van der Waals surface area contributed by atoms with Crippen LogP contribution in [0.25, 0.3) is 0 Å². The molecule has 0 aromatic rings. The molecule has 5 nitrogen and oxygen atoms in total. The SMILES string of the molecule is CN(C)C(=O)CS(=O)(=O)N1CCCCC1. The summed E-state index contributed by atoms with van der Waals surface area (Å²) in [6.07, 6.45) is 2.87. The van der Waals surface area contributed by atoms with E-state index in [9.17, 15) is 13.2 Å². The highest BCUT2D eigenvalue weighted by atomic mass is 32.2. The van der Waals surface area contributed by atoms with Gasteiger partial charge in [-0.15, -0.1) is 0 Å². The van der Waals surface area contributed by atoms with E-state index < -0.39 is 15.8 Å². The van der Waals surface area contributed by atoms with Crippen molar-refractivity contribution in [3.8, 4) is 0 Å². The second kappa shape index (κ2) is 4.94. The first-order valence-electron chi connectivity index (χ1n) is 5.11. The third-order valence-electron chi connectivity index (χ3n) is 2.51. The molecule has 0 saturated carbocycles. The number of rotatable bonds is 3. The Hall–Kier alpha value is -0.620. The molecule has 1 fully saturated rings. The van der Waals surface area contributed by atoms with Crippen molar-refractivity contribution in [2.45, 2.75) is 19.3 Å². The molecule has 0 N–H and O–H groups in total. The smallest absolute Gasteiger partial charge is 0.238 e. The Morgan fingerprint density at radius 2 is 1.73 bits per heavy atom. The van der Waals surface area contributed by atoms with Crippen LogP contribution in [0.15, 0.2) is 0 Å². The number of nitrogens with zero attached hydrogens (tertiary/aromatic N) is 2. The molecule has 0 bridgehead atoms. The summed E-state index contributed by atoms with van der Waals surface area (Å²) >= 11 is 0. The van der Waals surface area contributed by atoms with E-state index in [0.29, 0.717) is 13.1 Å². The molecular weight excluding hydrogens is 216 g/mol. The average Bonchev–Trinajstić information content (AvgIpc) is 2.18. The number of amides is 1. The summed E-state index contributed by atoms with van der Waals surface area (Å²) in [6.45, 7) is 1.12. The minimum Gasteiger partial charge on any atom is -0.348 e. The van der Waals surface area contributed by atoms with Crippen molar-refractivity contribution in [1.29, 1.82) is 0 Å². The van der Waals surface area contributed by atoms with Crippen molar-refractivity contribution in [1.82, 2.24) is 9.21 Å². The van der Waals surface area contributed by atoms with Crippen LogP contribution in [-0.2, 0) is 14.8 Å². The van der Waals surface area contributed by atoms with E-state index in [-0.39, 0.29) is 5.91 Å². The van der Waals surface area contributed by atoms with Gasteiger partial charge in [-0.3, -0.25) is 4.79 Å². The molecular formula is C9H18N2O3S. The molecule has 1 saturated heterocycles. The zero-order chi connectivity index (χ0) is 11.5. The van der Waals surface area contributed by atoms with Crippen LogP contribution in [0.2, 0.25) is 0 Å². The van der Waals surface area contributed by atoms with E-state index in [1.807, 2.05) is 0 Å². The minimum absolute atomic E-state index is 0.361. The highest BCUT2D eigenvalue weighted by Gasteiger charge is 2.26. The summed E-state index contributed by atoms with van der Waals surface area (Å²) in [5, 5.41) is 0. The summed E-state index contributed by atoms with van der Waals surface area (Å²) in [7, 11) is -0.258. The zero-order valence-electron chi connectivity index (χ0n) is 9.27. The quantitative estimate of drug-likeness (QED) is 0.684. The van der Waals surface area contributed by atoms with Gasteiger partial charge in [0, 0.05) is 27.2 Å². The Morgan fingerprint density at radius 1 is 1.20 bits per heavy atom. The monoisotopic (exact) mass is 234 g/mol. The van der Waals surface area contributed by atoms with Crippen molar-refractivity contribution < 1.29 is 13.2 Å². The summed E-state index contributed by atoms with van der Waals surface area (Å²) in [4.78, 5) is 12.6. The zero-order valence-corrected chi connectivity index (χ0v) is 10.1. The number of hydrogen-bond donors (Lipinski definition) is 0. The molecule has 1 aliphatic heterocycles. The van der Waals surface area contributed by atoms with Gasteiger partial charge in [-0.05, 0) is 12.8 Å². The Morgan fingerprint density at radius 3 is 2.20 bits per heavy atom. The van der Waals surface area contributed by atoms with Gasteiger partial charge < -0.3 is 4.90 Å². The summed E-state index contributed by atoms with van der Waals surface area (Å²) in [5.74, 6) is -0.763. The Kier molecular flexibility index (Phi) is 4.10. The van der Waals surface area contributed by atoms with Crippen LogP contribution in [0.4, 0.5) is 0 Å². The second-order valence-electron chi connectivity index (χ2n) is 4.00. The van der Waals surface area contributed by atoms with Crippen LogP contribution in [0, 0.1) is 0 Å². The van der Waals surface area contributed by atoms with Crippen LogP contribution >= 0.6 is 0 Å². The van der Waals surface area contributed by atoms with Gasteiger partial charge in [0.15, 0.2) is 0 Å². The summed E-state index contributed by atoms with van der Waals surface area (Å²) in [5.41, 5.74) is 0. The molecule has 6 heteroatoms. The molecule has 1 amide bonds. The molecule has 0 spiro atoms. The van der Waals surface area contributed by atoms with E-state index in [0.717, 1.165) is 19.3 Å². The largest absolute Gasteiger partial charge is 0.348 e. The van der Waals surface area contributed by atoms with Crippen LogP contribution in [0.1, 0.15) is 19.3 Å². The van der Waals surface area contributed by atoms with E-state index in [1.54, 1.807) is 14.1 Å². The van der Waals surface area contributed by atoms with Crippen molar-refractivity contribution >= 4 is 15.9 Å². The molecule has 1 rings (SSSR count). The van der Waals surface area contributed by atoms with Gasteiger partial charge in [0.2, 0.25) is 15.9 Å². The number of sulfonamides is 1. The maximum Gasteiger partial charge on any atom is 0.238 e. The van der Waals surface area contributed by atoms with Gasteiger partial charge in [0.25, 0.3) is 0 Å². The lowest BCUT2D eigenvalue weighted by Crippen LogP contribution is -2.41. The molecule has 0 aromatic heterocycles. The maximum atomic E-state index is 11.8. The predicted octanol–water partition coefficient (Wildman–Crippen LogP) is -0.110. The van der Waals surface area contributed by atoms with Crippen LogP contribution in [0.3, 0.4) is 0 Å². The van der Waals surface area contributed by atoms with E-state index in [1.165, 1.54) is 9.21 Å². The first kappa shape index (κ1) is 12.4. The molecule has 0 radical (unpaired) electrons. The van der Waals surface area contributed by atoms with Crippen LogP contribution in [-0.4, -0.2) is 56.5 Å². The molecule has 0 unspecified atom stereocenters. The molecule has 15 heavy (non-hydrogen) atoms. The molecule has 88 valence electrons. The molecule has 0 aliphatic carbocycles. The number of hydrogen-bond acceptors (Lipinski definition) is 3. The summed E-state index contributed by atoms with van der Waals surface area (Å²) < 4.78 is 25.0. The van der Waals surface area contributed by atoms with Gasteiger partial charge in [-0.25, -0.2) is 12.7 Å². The van der Waals surface area contributed by atoms with Crippen molar-refractivity contribution in [3.05, 3.63) is 0 Å². The molecule has 1 heterocycles.